The molecule has 0 aromatic heterocycles. The number of nitrogens with one attached hydrogen (secondary N) is 1. The molecule has 2 rings (SSSR count). The fourth-order valence-electron chi connectivity index (χ4n) is 3.75. The van der Waals surface area contributed by atoms with Crippen molar-refractivity contribution in [1.82, 2.24) is 10.2 Å². The van der Waals surface area contributed by atoms with Gasteiger partial charge in [-0.25, -0.2) is 0 Å². The predicted octanol–water partition coefficient (Wildman–Crippen LogP) is 2.74. The van der Waals surface area contributed by atoms with E-state index < -0.39 is 0 Å². The summed E-state index contributed by atoms with van der Waals surface area (Å²) >= 11 is 0. The third kappa shape index (κ3) is 2.85. The summed E-state index contributed by atoms with van der Waals surface area (Å²) in [5.41, 5.74) is 0. The molecule has 1 aliphatic carbocycles. The fraction of sp³-hybridized carbons (Fsp3) is 1.00. The van der Waals surface area contributed by atoms with Gasteiger partial charge in [0.15, 0.2) is 0 Å². The lowest BCUT2D eigenvalue weighted by Gasteiger charge is -2.52. The molecule has 2 nitrogen and oxygen atoms in total. The van der Waals surface area contributed by atoms with Gasteiger partial charge in [-0.15, -0.1) is 0 Å². The molecule has 2 heteroatoms. The molecule has 0 spiro atoms. The Kier molecular flexibility index (Phi) is 4.48. The van der Waals surface area contributed by atoms with Crippen molar-refractivity contribution in [1.29, 1.82) is 0 Å². The third-order valence-corrected chi connectivity index (χ3v) is 5.10. The number of hydrogen-bond acceptors (Lipinski definition) is 2. The first-order valence-corrected chi connectivity index (χ1v) is 7.60. The van der Waals surface area contributed by atoms with Crippen molar-refractivity contribution in [3.63, 3.8) is 0 Å². The Labute approximate surface area is 107 Å². The molecule has 5 atom stereocenters. The number of nitrogens with zero attached hydrogens (tertiary/aromatic N) is 1. The van der Waals surface area contributed by atoms with E-state index in [1.165, 1.54) is 32.4 Å². The number of rotatable bonds is 4. The van der Waals surface area contributed by atoms with E-state index in [9.17, 15) is 0 Å². The Bertz CT molecular complexity index is 241. The SMILES string of the molecule is CCNCC1CCC1N1CC(C)CC(C)C1C. The summed E-state index contributed by atoms with van der Waals surface area (Å²) in [6.07, 6.45) is 4.28. The molecule has 17 heavy (non-hydrogen) atoms. The summed E-state index contributed by atoms with van der Waals surface area (Å²) in [5, 5.41) is 3.53. The van der Waals surface area contributed by atoms with E-state index in [4.69, 9.17) is 0 Å². The maximum atomic E-state index is 3.53. The van der Waals surface area contributed by atoms with Gasteiger partial charge in [0.05, 0.1) is 0 Å². The van der Waals surface area contributed by atoms with Crippen molar-refractivity contribution in [3.05, 3.63) is 0 Å². The van der Waals surface area contributed by atoms with Crippen LogP contribution in [0.3, 0.4) is 0 Å². The minimum absolute atomic E-state index is 0.792. The van der Waals surface area contributed by atoms with Gasteiger partial charge < -0.3 is 5.32 Å². The molecular weight excluding hydrogens is 208 g/mol. The summed E-state index contributed by atoms with van der Waals surface area (Å²) in [6, 6.07) is 1.66. The van der Waals surface area contributed by atoms with Gasteiger partial charge in [0.1, 0.15) is 0 Å². The van der Waals surface area contributed by atoms with Gasteiger partial charge >= 0.3 is 0 Å². The predicted molar refractivity (Wildman–Crippen MR) is 74.2 cm³/mol. The molecule has 1 saturated heterocycles. The number of likely N-dealkylation sites (tertiary alicyclic amines) is 1. The van der Waals surface area contributed by atoms with Crippen LogP contribution in [0.25, 0.3) is 0 Å². The second kappa shape index (κ2) is 5.71. The summed E-state index contributed by atoms with van der Waals surface area (Å²) in [6.45, 7) is 13.2. The third-order valence-electron chi connectivity index (χ3n) is 5.10. The lowest BCUT2D eigenvalue weighted by Crippen LogP contribution is -2.58. The van der Waals surface area contributed by atoms with Crippen molar-refractivity contribution in [2.45, 2.75) is 59.0 Å². The molecule has 1 heterocycles. The van der Waals surface area contributed by atoms with Crippen molar-refractivity contribution in [2.75, 3.05) is 19.6 Å². The normalized spacial score (nSPS) is 43.4. The second-order valence-electron chi connectivity index (χ2n) is 6.47. The van der Waals surface area contributed by atoms with Gasteiger partial charge in [-0.05, 0) is 57.0 Å². The standard InChI is InChI=1S/C15H30N2/c1-5-16-9-14-6-7-15(14)17-10-11(2)8-12(3)13(17)4/h11-16H,5-10H2,1-4H3. The van der Waals surface area contributed by atoms with Crippen LogP contribution in [0.4, 0.5) is 0 Å². The first kappa shape index (κ1) is 13.4. The van der Waals surface area contributed by atoms with Crippen LogP contribution >= 0.6 is 0 Å². The Morgan fingerprint density at radius 1 is 1.18 bits per heavy atom. The smallest absolute Gasteiger partial charge is 0.0139 e. The molecule has 0 aromatic rings. The van der Waals surface area contributed by atoms with E-state index in [1.54, 1.807) is 0 Å². The minimum atomic E-state index is 0.792. The van der Waals surface area contributed by atoms with Crippen molar-refractivity contribution < 1.29 is 0 Å². The molecule has 2 fully saturated rings. The summed E-state index contributed by atoms with van der Waals surface area (Å²) in [4.78, 5) is 2.82. The molecular formula is C15H30N2. The summed E-state index contributed by atoms with van der Waals surface area (Å²) in [5.74, 6) is 2.68. The largest absolute Gasteiger partial charge is 0.317 e. The highest BCUT2D eigenvalue weighted by Crippen LogP contribution is 2.38. The Morgan fingerprint density at radius 2 is 1.94 bits per heavy atom. The average Bonchev–Trinajstić information content (AvgIpc) is 2.24. The number of piperidine rings is 1. The Balaban J connectivity index is 1.91. The number of hydrogen-bond donors (Lipinski definition) is 1. The van der Waals surface area contributed by atoms with Gasteiger partial charge in [0.2, 0.25) is 0 Å². The van der Waals surface area contributed by atoms with E-state index in [1.807, 2.05) is 0 Å². The maximum Gasteiger partial charge on any atom is 0.0139 e. The summed E-state index contributed by atoms with van der Waals surface area (Å²) < 4.78 is 0. The molecule has 0 amide bonds. The maximum absolute atomic E-state index is 3.53. The lowest BCUT2D eigenvalue weighted by molar-refractivity contribution is -0.0235. The van der Waals surface area contributed by atoms with E-state index in [0.29, 0.717) is 0 Å². The van der Waals surface area contributed by atoms with Crippen LogP contribution in [-0.2, 0) is 0 Å². The zero-order chi connectivity index (χ0) is 12.4. The molecule has 100 valence electrons. The molecule has 2 aliphatic rings. The van der Waals surface area contributed by atoms with E-state index >= 15 is 0 Å². The second-order valence-corrected chi connectivity index (χ2v) is 6.47. The zero-order valence-electron chi connectivity index (χ0n) is 12.1. The first-order chi connectivity index (χ1) is 8.13. The first-order valence-electron chi connectivity index (χ1n) is 7.60. The van der Waals surface area contributed by atoms with E-state index in [-0.39, 0.29) is 0 Å². The molecule has 0 radical (unpaired) electrons. The Hall–Kier alpha value is -0.0800. The van der Waals surface area contributed by atoms with Crippen molar-refractivity contribution in [3.8, 4) is 0 Å². The van der Waals surface area contributed by atoms with Crippen LogP contribution in [-0.4, -0.2) is 36.6 Å². The summed E-state index contributed by atoms with van der Waals surface area (Å²) in [7, 11) is 0. The van der Waals surface area contributed by atoms with Crippen LogP contribution in [0, 0.1) is 17.8 Å². The highest BCUT2D eigenvalue weighted by molar-refractivity contribution is 4.95. The average molecular weight is 238 g/mol. The van der Waals surface area contributed by atoms with E-state index in [2.05, 4.69) is 37.9 Å². The topological polar surface area (TPSA) is 15.3 Å². The highest BCUT2D eigenvalue weighted by Gasteiger charge is 2.40. The van der Waals surface area contributed by atoms with Crippen LogP contribution in [0.1, 0.15) is 47.0 Å². The fourth-order valence-corrected chi connectivity index (χ4v) is 3.75. The van der Waals surface area contributed by atoms with Gasteiger partial charge in [0.25, 0.3) is 0 Å². The van der Waals surface area contributed by atoms with Gasteiger partial charge in [0, 0.05) is 18.6 Å². The highest BCUT2D eigenvalue weighted by atomic mass is 15.2. The van der Waals surface area contributed by atoms with Gasteiger partial charge in [-0.2, -0.15) is 0 Å². The van der Waals surface area contributed by atoms with E-state index in [0.717, 1.165) is 36.4 Å². The monoisotopic (exact) mass is 238 g/mol. The van der Waals surface area contributed by atoms with Gasteiger partial charge in [-0.1, -0.05) is 20.8 Å². The molecule has 0 bridgehead atoms. The minimum Gasteiger partial charge on any atom is -0.317 e. The lowest BCUT2D eigenvalue weighted by atomic mass is 9.74. The van der Waals surface area contributed by atoms with Crippen LogP contribution in [0.5, 0.6) is 0 Å². The van der Waals surface area contributed by atoms with Gasteiger partial charge in [-0.3, -0.25) is 4.90 Å². The molecule has 0 aromatic carbocycles. The Morgan fingerprint density at radius 3 is 2.53 bits per heavy atom. The van der Waals surface area contributed by atoms with Crippen LogP contribution in [0.2, 0.25) is 0 Å². The van der Waals surface area contributed by atoms with Crippen molar-refractivity contribution >= 4 is 0 Å². The zero-order valence-corrected chi connectivity index (χ0v) is 12.1. The van der Waals surface area contributed by atoms with Crippen LogP contribution in [0.15, 0.2) is 0 Å². The van der Waals surface area contributed by atoms with Crippen molar-refractivity contribution in [2.24, 2.45) is 17.8 Å². The van der Waals surface area contributed by atoms with Crippen LogP contribution < -0.4 is 5.32 Å². The molecule has 1 saturated carbocycles. The molecule has 5 unspecified atom stereocenters. The molecule has 1 aliphatic heterocycles. The quantitative estimate of drug-likeness (QED) is 0.810. The molecule has 1 N–H and O–H groups in total.